The van der Waals surface area contributed by atoms with Gasteiger partial charge < -0.3 is 19.6 Å². The Morgan fingerprint density at radius 2 is 1.88 bits per heavy atom. The Morgan fingerprint density at radius 1 is 1.35 bits per heavy atom. The van der Waals surface area contributed by atoms with E-state index in [-0.39, 0.29) is 25.6 Å². The molecule has 0 radical (unpaired) electrons. The predicted molar refractivity (Wildman–Crippen MR) is 62.0 cm³/mol. The molecule has 7 nitrogen and oxygen atoms in total. The van der Waals surface area contributed by atoms with Crippen molar-refractivity contribution >= 4 is 7.82 Å². The molecule has 0 aromatic carbocycles. The van der Waals surface area contributed by atoms with E-state index in [9.17, 15) is 9.46 Å². The summed E-state index contributed by atoms with van der Waals surface area (Å²) in [4.78, 5) is 10.8. The van der Waals surface area contributed by atoms with Gasteiger partial charge in [-0.3, -0.25) is 9.42 Å². The van der Waals surface area contributed by atoms with Crippen molar-refractivity contribution in [3.63, 3.8) is 0 Å². The smallest absolute Gasteiger partial charge is 0.407 e. The molecule has 0 saturated heterocycles. The monoisotopic (exact) mass is 269 g/mol. The maximum atomic E-state index is 11.3. The standard InChI is InChI=1S/C9H20NO6P/c1-3-15-17(13,14)16-9(2)8-10(4-6-11)5-7-12/h8,11-12H,3-7H2,1-2H3,(H,13,14)/b9-8+. The summed E-state index contributed by atoms with van der Waals surface area (Å²) in [6.45, 7) is 3.55. The van der Waals surface area contributed by atoms with E-state index in [2.05, 4.69) is 4.52 Å². The van der Waals surface area contributed by atoms with Crippen molar-refractivity contribution < 1.29 is 28.7 Å². The third-order valence-corrected chi connectivity index (χ3v) is 2.79. The van der Waals surface area contributed by atoms with Crippen molar-refractivity contribution in [2.75, 3.05) is 32.9 Å². The maximum absolute atomic E-state index is 11.3. The van der Waals surface area contributed by atoms with Gasteiger partial charge in [-0.1, -0.05) is 0 Å². The molecule has 0 amide bonds. The van der Waals surface area contributed by atoms with Crippen LogP contribution in [0.25, 0.3) is 0 Å². The summed E-state index contributed by atoms with van der Waals surface area (Å²) >= 11 is 0. The van der Waals surface area contributed by atoms with Gasteiger partial charge in [-0.2, -0.15) is 0 Å². The van der Waals surface area contributed by atoms with Crippen molar-refractivity contribution in [1.82, 2.24) is 4.90 Å². The van der Waals surface area contributed by atoms with Gasteiger partial charge in [0.05, 0.1) is 19.8 Å². The van der Waals surface area contributed by atoms with Gasteiger partial charge >= 0.3 is 7.82 Å². The Labute approximate surface area is 101 Å². The molecule has 3 N–H and O–H groups in total. The van der Waals surface area contributed by atoms with Crippen LogP contribution in [0.3, 0.4) is 0 Å². The van der Waals surface area contributed by atoms with Crippen LogP contribution in [0.4, 0.5) is 0 Å². The molecule has 1 unspecified atom stereocenters. The Morgan fingerprint density at radius 3 is 2.29 bits per heavy atom. The molecule has 0 spiro atoms. The molecule has 0 aliphatic rings. The molecule has 0 saturated carbocycles. The Bertz CT molecular complexity index is 277. The SMILES string of the molecule is CCOP(=O)(O)O/C(C)=C/N(CCO)CCO. The summed E-state index contributed by atoms with van der Waals surface area (Å²) in [6.07, 6.45) is 1.44. The van der Waals surface area contributed by atoms with Gasteiger partial charge in [0.2, 0.25) is 0 Å². The lowest BCUT2D eigenvalue weighted by atomic mass is 10.5. The molecular weight excluding hydrogens is 249 g/mol. The van der Waals surface area contributed by atoms with Crippen LogP contribution in [0.2, 0.25) is 0 Å². The highest BCUT2D eigenvalue weighted by Gasteiger charge is 2.21. The number of hydrogen-bond acceptors (Lipinski definition) is 6. The van der Waals surface area contributed by atoms with Gasteiger partial charge in [0.1, 0.15) is 5.76 Å². The summed E-state index contributed by atoms with van der Waals surface area (Å²) in [7, 11) is -4.06. The first kappa shape index (κ1) is 16.4. The molecule has 0 bridgehead atoms. The number of aliphatic hydroxyl groups is 2. The maximum Gasteiger partial charge on any atom is 0.527 e. The second kappa shape index (κ2) is 8.49. The van der Waals surface area contributed by atoms with Crippen LogP contribution >= 0.6 is 7.82 Å². The van der Waals surface area contributed by atoms with Crippen LogP contribution in [0, 0.1) is 0 Å². The van der Waals surface area contributed by atoms with Crippen molar-refractivity contribution in [1.29, 1.82) is 0 Å². The molecular formula is C9H20NO6P. The lowest BCUT2D eigenvalue weighted by Gasteiger charge is -2.20. The van der Waals surface area contributed by atoms with Gasteiger partial charge in [0.25, 0.3) is 0 Å². The molecule has 0 rings (SSSR count). The highest BCUT2D eigenvalue weighted by atomic mass is 31.2. The largest absolute Gasteiger partial charge is 0.527 e. The summed E-state index contributed by atoms with van der Waals surface area (Å²) in [5, 5.41) is 17.5. The first-order chi connectivity index (χ1) is 7.95. The lowest BCUT2D eigenvalue weighted by Crippen LogP contribution is -2.25. The molecule has 8 heteroatoms. The predicted octanol–water partition coefficient (Wildman–Crippen LogP) is 0.288. The number of hydrogen-bond donors (Lipinski definition) is 3. The summed E-state index contributed by atoms with van der Waals surface area (Å²) in [5.41, 5.74) is 0. The van der Waals surface area contributed by atoms with E-state index in [1.165, 1.54) is 13.1 Å². The number of phosphoric ester groups is 1. The normalized spacial score (nSPS) is 15.5. The van der Waals surface area contributed by atoms with E-state index >= 15 is 0 Å². The van der Waals surface area contributed by atoms with Gasteiger partial charge in [-0.25, -0.2) is 4.57 Å². The molecule has 1 atom stereocenters. The minimum Gasteiger partial charge on any atom is -0.407 e. The number of aliphatic hydroxyl groups excluding tert-OH is 2. The lowest BCUT2D eigenvalue weighted by molar-refractivity contribution is 0.175. The molecule has 0 fully saturated rings. The zero-order chi connectivity index (χ0) is 13.3. The summed E-state index contributed by atoms with van der Waals surface area (Å²) in [6, 6.07) is 0. The quantitative estimate of drug-likeness (QED) is 0.408. The fourth-order valence-electron chi connectivity index (χ4n) is 1.15. The van der Waals surface area contributed by atoms with Crippen LogP contribution in [0.15, 0.2) is 12.0 Å². The molecule has 102 valence electrons. The van der Waals surface area contributed by atoms with E-state index < -0.39 is 7.82 Å². The minimum absolute atomic E-state index is 0.0675. The molecule has 0 heterocycles. The van der Waals surface area contributed by atoms with Crippen molar-refractivity contribution in [2.45, 2.75) is 13.8 Å². The van der Waals surface area contributed by atoms with E-state index in [1.807, 2.05) is 0 Å². The molecule has 17 heavy (non-hydrogen) atoms. The zero-order valence-electron chi connectivity index (χ0n) is 10.1. The van der Waals surface area contributed by atoms with Crippen LogP contribution in [-0.4, -0.2) is 52.9 Å². The van der Waals surface area contributed by atoms with E-state index in [0.717, 1.165) is 0 Å². The van der Waals surface area contributed by atoms with E-state index in [0.29, 0.717) is 13.1 Å². The number of allylic oxidation sites excluding steroid dienone is 1. The van der Waals surface area contributed by atoms with Crippen LogP contribution < -0.4 is 0 Å². The van der Waals surface area contributed by atoms with Crippen molar-refractivity contribution in [3.05, 3.63) is 12.0 Å². The Kier molecular flexibility index (Phi) is 8.20. The molecule has 0 aromatic heterocycles. The number of nitrogens with zero attached hydrogens (tertiary/aromatic N) is 1. The van der Waals surface area contributed by atoms with Crippen molar-refractivity contribution in [2.24, 2.45) is 0 Å². The summed E-state index contributed by atoms with van der Waals surface area (Å²) in [5.74, 6) is 0.172. The second-order valence-electron chi connectivity index (χ2n) is 3.20. The highest BCUT2D eigenvalue weighted by molar-refractivity contribution is 7.47. The van der Waals surface area contributed by atoms with Gasteiger partial charge in [0, 0.05) is 19.3 Å². The summed E-state index contributed by atoms with van der Waals surface area (Å²) < 4.78 is 20.6. The Hall–Kier alpha value is -0.590. The van der Waals surface area contributed by atoms with E-state index in [1.54, 1.807) is 11.8 Å². The first-order valence-corrected chi connectivity index (χ1v) is 6.75. The molecule has 0 aromatic rings. The average Bonchev–Trinajstić information content (AvgIpc) is 2.16. The van der Waals surface area contributed by atoms with Crippen LogP contribution in [0.5, 0.6) is 0 Å². The molecule has 0 aliphatic carbocycles. The first-order valence-electron chi connectivity index (χ1n) is 5.26. The average molecular weight is 269 g/mol. The fourth-order valence-corrected chi connectivity index (χ4v) is 1.94. The third-order valence-electron chi connectivity index (χ3n) is 1.69. The fraction of sp³-hybridized carbons (Fsp3) is 0.778. The number of phosphoric acid groups is 1. The molecule has 0 aliphatic heterocycles. The van der Waals surface area contributed by atoms with Crippen LogP contribution in [0.1, 0.15) is 13.8 Å². The topological polar surface area (TPSA) is 99.5 Å². The highest BCUT2D eigenvalue weighted by Crippen LogP contribution is 2.45. The van der Waals surface area contributed by atoms with Gasteiger partial charge in [-0.15, -0.1) is 0 Å². The third kappa shape index (κ3) is 8.18. The van der Waals surface area contributed by atoms with E-state index in [4.69, 9.17) is 14.7 Å². The van der Waals surface area contributed by atoms with Crippen molar-refractivity contribution in [3.8, 4) is 0 Å². The Balaban J connectivity index is 4.43. The number of rotatable bonds is 9. The zero-order valence-corrected chi connectivity index (χ0v) is 11.0. The van der Waals surface area contributed by atoms with Gasteiger partial charge in [0.15, 0.2) is 0 Å². The van der Waals surface area contributed by atoms with Gasteiger partial charge in [-0.05, 0) is 13.8 Å². The minimum atomic E-state index is -4.06. The second-order valence-corrected chi connectivity index (χ2v) is 4.58. The van der Waals surface area contributed by atoms with Crippen LogP contribution in [-0.2, 0) is 13.6 Å².